The average molecular weight is 384 g/mol. The number of phenolic OH excluding ortho intramolecular Hbond substituents is 1. The summed E-state index contributed by atoms with van der Waals surface area (Å²) in [5.41, 5.74) is -1.20. The highest BCUT2D eigenvalue weighted by Gasteiger charge is 2.57. The molecule has 0 radical (unpaired) electrons. The molecule has 28 heavy (non-hydrogen) atoms. The van der Waals surface area contributed by atoms with Crippen LogP contribution in [0, 0.1) is 13.8 Å². The van der Waals surface area contributed by atoms with Gasteiger partial charge in [-0.25, -0.2) is 9.59 Å². The van der Waals surface area contributed by atoms with Gasteiger partial charge in [0.05, 0.1) is 13.2 Å². The van der Waals surface area contributed by atoms with Crippen molar-refractivity contribution in [1.29, 1.82) is 0 Å². The molecule has 0 aliphatic rings. The number of Topliss-reactive ketones (excluding diaryl/α,β-unsaturated/α-hetero) is 1. The maximum atomic E-state index is 13.5. The fourth-order valence-electron chi connectivity index (χ4n) is 3.09. The Morgan fingerprint density at radius 3 is 1.79 bits per heavy atom. The summed E-state index contributed by atoms with van der Waals surface area (Å²) in [5, 5.41) is 10.1. The van der Waals surface area contributed by atoms with Crippen molar-refractivity contribution in [2.24, 2.45) is 0 Å². The van der Waals surface area contributed by atoms with Crippen LogP contribution in [-0.4, -0.2) is 36.0 Å². The molecule has 2 aromatic carbocycles. The highest BCUT2D eigenvalue weighted by molar-refractivity contribution is 6.30. The minimum Gasteiger partial charge on any atom is -0.507 e. The molecule has 0 aliphatic heterocycles. The summed E-state index contributed by atoms with van der Waals surface area (Å²) in [4.78, 5) is 39.7. The van der Waals surface area contributed by atoms with Crippen LogP contribution in [0.1, 0.15) is 40.9 Å². The summed E-state index contributed by atoms with van der Waals surface area (Å²) >= 11 is 0. The largest absolute Gasteiger partial charge is 0.507 e. The van der Waals surface area contributed by atoms with E-state index in [1.807, 2.05) is 0 Å². The standard InChI is InChI=1S/C22H24O6/c1-5-27-20(25)22(21(26)28-6-2,19(24)16-10-8-7-9-11-16)17-12-14(3)18(23)15(4)13-17/h7-13,23H,5-6H2,1-4H3. The van der Waals surface area contributed by atoms with E-state index in [1.54, 1.807) is 45.9 Å². The molecule has 0 saturated heterocycles. The zero-order valence-corrected chi connectivity index (χ0v) is 16.4. The molecule has 1 N–H and O–H groups in total. The molecule has 0 unspecified atom stereocenters. The number of ether oxygens (including phenoxy) is 2. The predicted octanol–water partition coefficient (Wildman–Crippen LogP) is 3.26. The van der Waals surface area contributed by atoms with Crippen molar-refractivity contribution in [2.75, 3.05) is 13.2 Å². The van der Waals surface area contributed by atoms with Crippen LogP contribution in [0.3, 0.4) is 0 Å². The zero-order valence-electron chi connectivity index (χ0n) is 16.4. The van der Waals surface area contributed by atoms with Crippen molar-refractivity contribution >= 4 is 17.7 Å². The van der Waals surface area contributed by atoms with Crippen LogP contribution >= 0.6 is 0 Å². The van der Waals surface area contributed by atoms with Crippen molar-refractivity contribution in [1.82, 2.24) is 0 Å². The molecular weight excluding hydrogens is 360 g/mol. The summed E-state index contributed by atoms with van der Waals surface area (Å²) in [5.74, 6) is -2.73. The Hall–Kier alpha value is -3.15. The van der Waals surface area contributed by atoms with Gasteiger partial charge in [0, 0.05) is 5.56 Å². The third-order valence-corrected chi connectivity index (χ3v) is 4.46. The highest BCUT2D eigenvalue weighted by Crippen LogP contribution is 2.36. The third kappa shape index (κ3) is 3.63. The average Bonchev–Trinajstić information content (AvgIpc) is 2.67. The fraction of sp³-hybridized carbons (Fsp3) is 0.318. The number of benzene rings is 2. The van der Waals surface area contributed by atoms with E-state index in [-0.39, 0.29) is 30.1 Å². The molecule has 0 aromatic heterocycles. The molecule has 2 rings (SSSR count). The lowest BCUT2D eigenvalue weighted by Gasteiger charge is -2.29. The van der Waals surface area contributed by atoms with Gasteiger partial charge in [-0.1, -0.05) is 42.5 Å². The maximum absolute atomic E-state index is 13.5. The lowest BCUT2D eigenvalue weighted by atomic mass is 9.73. The first-order valence-corrected chi connectivity index (χ1v) is 9.05. The molecule has 6 nitrogen and oxygen atoms in total. The number of hydrogen-bond acceptors (Lipinski definition) is 6. The molecule has 0 bridgehead atoms. The molecule has 2 aromatic rings. The number of carbonyl (C=O) groups is 3. The van der Waals surface area contributed by atoms with Crippen molar-refractivity contribution in [3.63, 3.8) is 0 Å². The third-order valence-electron chi connectivity index (χ3n) is 4.46. The molecule has 0 heterocycles. The monoisotopic (exact) mass is 384 g/mol. The second kappa shape index (κ2) is 8.69. The number of hydrogen-bond donors (Lipinski definition) is 1. The Morgan fingerprint density at radius 1 is 0.893 bits per heavy atom. The summed E-state index contributed by atoms with van der Waals surface area (Å²) < 4.78 is 10.3. The van der Waals surface area contributed by atoms with E-state index in [4.69, 9.17) is 9.47 Å². The Balaban J connectivity index is 2.86. The van der Waals surface area contributed by atoms with Crippen LogP contribution in [0.15, 0.2) is 42.5 Å². The first-order valence-electron chi connectivity index (χ1n) is 9.05. The van der Waals surface area contributed by atoms with Gasteiger partial charge in [-0.2, -0.15) is 0 Å². The Kier molecular flexibility index (Phi) is 6.57. The zero-order chi connectivity index (χ0) is 20.9. The van der Waals surface area contributed by atoms with Crippen molar-refractivity contribution in [3.8, 4) is 5.75 Å². The second-order valence-corrected chi connectivity index (χ2v) is 6.34. The fourth-order valence-corrected chi connectivity index (χ4v) is 3.09. The molecule has 6 heteroatoms. The van der Waals surface area contributed by atoms with Gasteiger partial charge in [-0.15, -0.1) is 0 Å². The number of esters is 2. The summed E-state index contributed by atoms with van der Waals surface area (Å²) in [7, 11) is 0. The molecule has 0 spiro atoms. The molecule has 0 amide bonds. The Labute approximate surface area is 164 Å². The summed E-state index contributed by atoms with van der Waals surface area (Å²) in [6.45, 7) is 6.40. The molecule has 0 fully saturated rings. The Bertz CT molecular complexity index is 844. The number of phenols is 1. The predicted molar refractivity (Wildman–Crippen MR) is 103 cm³/mol. The lowest BCUT2D eigenvalue weighted by Crippen LogP contribution is -2.52. The van der Waals surface area contributed by atoms with Crippen LogP contribution < -0.4 is 0 Å². The molecular formula is C22H24O6. The van der Waals surface area contributed by atoms with Gasteiger partial charge in [0.2, 0.25) is 0 Å². The van der Waals surface area contributed by atoms with E-state index < -0.39 is 23.1 Å². The van der Waals surface area contributed by atoms with Gasteiger partial charge < -0.3 is 14.6 Å². The topological polar surface area (TPSA) is 89.9 Å². The number of rotatable bonds is 7. The van der Waals surface area contributed by atoms with Gasteiger partial charge in [0.15, 0.2) is 5.78 Å². The normalized spacial score (nSPS) is 11.0. The van der Waals surface area contributed by atoms with Crippen LogP contribution in [0.25, 0.3) is 0 Å². The van der Waals surface area contributed by atoms with Gasteiger partial charge in [0.1, 0.15) is 5.75 Å². The summed E-state index contributed by atoms with van der Waals surface area (Å²) in [6.07, 6.45) is 0. The van der Waals surface area contributed by atoms with E-state index in [0.717, 1.165) is 0 Å². The number of ketones is 1. The van der Waals surface area contributed by atoms with Crippen LogP contribution in [-0.2, 0) is 24.5 Å². The van der Waals surface area contributed by atoms with Crippen LogP contribution in [0.4, 0.5) is 0 Å². The number of carbonyl (C=O) groups excluding carboxylic acids is 3. The van der Waals surface area contributed by atoms with E-state index in [2.05, 4.69) is 0 Å². The van der Waals surface area contributed by atoms with Gasteiger partial charge in [-0.05, 0) is 44.4 Å². The van der Waals surface area contributed by atoms with Crippen molar-refractivity contribution in [2.45, 2.75) is 33.1 Å². The van der Waals surface area contributed by atoms with E-state index in [0.29, 0.717) is 11.1 Å². The minimum absolute atomic E-state index is 0.0158. The van der Waals surface area contributed by atoms with Crippen LogP contribution in [0.5, 0.6) is 5.75 Å². The van der Waals surface area contributed by atoms with Gasteiger partial charge in [-0.3, -0.25) is 4.79 Å². The second-order valence-electron chi connectivity index (χ2n) is 6.34. The van der Waals surface area contributed by atoms with Crippen molar-refractivity contribution in [3.05, 3.63) is 64.7 Å². The lowest BCUT2D eigenvalue weighted by molar-refractivity contribution is -0.161. The molecule has 0 aliphatic carbocycles. The maximum Gasteiger partial charge on any atom is 0.336 e. The van der Waals surface area contributed by atoms with Gasteiger partial charge >= 0.3 is 11.9 Å². The Morgan fingerprint density at radius 2 is 1.36 bits per heavy atom. The first-order chi connectivity index (χ1) is 13.3. The number of aromatic hydroxyl groups is 1. The molecule has 148 valence electrons. The van der Waals surface area contributed by atoms with E-state index in [1.165, 1.54) is 24.3 Å². The molecule has 0 atom stereocenters. The van der Waals surface area contributed by atoms with Crippen LogP contribution in [0.2, 0.25) is 0 Å². The number of aryl methyl sites for hydroxylation is 2. The van der Waals surface area contributed by atoms with E-state index in [9.17, 15) is 19.5 Å². The smallest absolute Gasteiger partial charge is 0.336 e. The van der Waals surface area contributed by atoms with Crippen molar-refractivity contribution < 1.29 is 29.0 Å². The highest BCUT2D eigenvalue weighted by atomic mass is 16.6. The first kappa shape index (κ1) is 21.2. The van der Waals surface area contributed by atoms with Gasteiger partial charge in [0.25, 0.3) is 5.41 Å². The minimum atomic E-state index is -2.32. The quantitative estimate of drug-likeness (QED) is 0.448. The van der Waals surface area contributed by atoms with E-state index >= 15 is 0 Å². The molecule has 0 saturated carbocycles. The summed E-state index contributed by atoms with van der Waals surface area (Å²) in [6, 6.07) is 10.9. The SMILES string of the molecule is CCOC(=O)C(C(=O)OCC)(C(=O)c1ccccc1)c1cc(C)c(O)c(C)c1.